The fraction of sp³-hybridized carbons (Fsp3) is 0.500. The molecule has 0 fully saturated rings. The molecule has 1 N–H and O–H groups in total. The monoisotopic (exact) mass is 251 g/mol. The third kappa shape index (κ3) is 4.04. The first-order valence-corrected chi connectivity index (χ1v) is 6.16. The summed E-state index contributed by atoms with van der Waals surface area (Å²) >= 11 is 0. The largest absolute Gasteiger partial charge is 0.488 e. The Morgan fingerprint density at radius 2 is 2.06 bits per heavy atom. The maximum absolute atomic E-state index is 8.31. The maximum atomic E-state index is 8.31. The van der Waals surface area contributed by atoms with Crippen molar-refractivity contribution in [2.24, 2.45) is 5.16 Å². The van der Waals surface area contributed by atoms with E-state index in [4.69, 9.17) is 14.7 Å². The van der Waals surface area contributed by atoms with Crippen LogP contribution in [0, 0.1) is 13.8 Å². The maximum Gasteiger partial charge on any atom is 0.127 e. The topological polar surface area (TPSA) is 51.0 Å². The number of nitrogens with zero attached hydrogens (tertiary/aromatic N) is 1. The zero-order chi connectivity index (χ0) is 13.4. The van der Waals surface area contributed by atoms with Gasteiger partial charge >= 0.3 is 0 Å². The minimum atomic E-state index is 0.273. The molecule has 1 rings (SSSR count). The van der Waals surface area contributed by atoms with Crippen molar-refractivity contribution < 1.29 is 14.7 Å². The van der Waals surface area contributed by atoms with Crippen LogP contribution in [0.15, 0.2) is 17.3 Å². The second kappa shape index (κ2) is 7.71. The van der Waals surface area contributed by atoms with Gasteiger partial charge in [-0.2, -0.15) is 0 Å². The molecule has 0 saturated heterocycles. The molecule has 0 bridgehead atoms. The lowest BCUT2D eigenvalue weighted by atomic mass is 10.0. The molecule has 0 saturated carbocycles. The molecule has 0 spiro atoms. The summed E-state index contributed by atoms with van der Waals surface area (Å²) in [4.78, 5) is 0. The van der Waals surface area contributed by atoms with Crippen molar-refractivity contribution >= 4 is 6.21 Å². The molecular weight excluding hydrogens is 230 g/mol. The number of hydrogen-bond acceptors (Lipinski definition) is 4. The van der Waals surface area contributed by atoms with Crippen molar-refractivity contribution in [3.8, 4) is 5.75 Å². The molecule has 0 atom stereocenters. The molecule has 0 radical (unpaired) electrons. The normalized spacial score (nSPS) is 11.1. The van der Waals surface area contributed by atoms with Crippen LogP contribution < -0.4 is 4.74 Å². The lowest BCUT2D eigenvalue weighted by molar-refractivity contribution is 0.151. The fourth-order valence-corrected chi connectivity index (χ4v) is 1.77. The number of ether oxygens (including phenoxy) is 2. The van der Waals surface area contributed by atoms with Gasteiger partial charge in [0.05, 0.1) is 12.8 Å². The summed E-state index contributed by atoms with van der Waals surface area (Å²) in [5.41, 5.74) is 3.63. The Morgan fingerprint density at radius 3 is 2.72 bits per heavy atom. The predicted octanol–water partition coefficient (Wildman–Crippen LogP) is 2.72. The Bertz CT molecular complexity index is 402. The first-order valence-electron chi connectivity index (χ1n) is 6.16. The molecule has 0 aliphatic rings. The van der Waals surface area contributed by atoms with Crippen molar-refractivity contribution in [2.75, 3.05) is 19.8 Å². The number of benzene rings is 1. The summed E-state index contributed by atoms with van der Waals surface area (Å²) in [5.74, 6) is 0.826. The molecule has 0 amide bonds. The molecule has 4 heteroatoms. The second-order valence-corrected chi connectivity index (χ2v) is 4.03. The lowest BCUT2D eigenvalue weighted by Crippen LogP contribution is -2.04. The van der Waals surface area contributed by atoms with E-state index in [9.17, 15) is 0 Å². The van der Waals surface area contributed by atoms with E-state index in [0.717, 1.165) is 30.9 Å². The average Bonchev–Trinajstić information content (AvgIpc) is 2.37. The molecule has 0 aliphatic heterocycles. The minimum absolute atomic E-state index is 0.273. The molecule has 0 aromatic heterocycles. The zero-order valence-electron chi connectivity index (χ0n) is 11.3. The van der Waals surface area contributed by atoms with Crippen LogP contribution >= 0.6 is 0 Å². The first-order chi connectivity index (χ1) is 8.70. The van der Waals surface area contributed by atoms with Gasteiger partial charge in [0.2, 0.25) is 0 Å². The van der Waals surface area contributed by atoms with Gasteiger partial charge in [0.15, 0.2) is 0 Å². The number of rotatable bonds is 7. The summed E-state index contributed by atoms with van der Waals surface area (Å²) < 4.78 is 10.9. The molecule has 4 nitrogen and oxygen atoms in total. The SMILES string of the molecule is CCOCCc1ccc(OC/C=N\O)c(C)c1C. The van der Waals surface area contributed by atoms with Gasteiger partial charge in [-0.1, -0.05) is 11.2 Å². The van der Waals surface area contributed by atoms with E-state index >= 15 is 0 Å². The van der Waals surface area contributed by atoms with E-state index in [-0.39, 0.29) is 6.61 Å². The predicted molar refractivity (Wildman–Crippen MR) is 71.9 cm³/mol. The quantitative estimate of drug-likeness (QED) is 0.351. The summed E-state index contributed by atoms with van der Waals surface area (Å²) in [7, 11) is 0. The van der Waals surface area contributed by atoms with E-state index in [1.165, 1.54) is 17.3 Å². The summed E-state index contributed by atoms with van der Waals surface area (Å²) in [6.45, 7) is 7.88. The van der Waals surface area contributed by atoms with Crippen molar-refractivity contribution in [1.82, 2.24) is 0 Å². The van der Waals surface area contributed by atoms with E-state index in [1.807, 2.05) is 19.9 Å². The smallest absolute Gasteiger partial charge is 0.127 e. The van der Waals surface area contributed by atoms with Gasteiger partial charge in [0.25, 0.3) is 0 Å². The van der Waals surface area contributed by atoms with Crippen molar-refractivity contribution in [3.63, 3.8) is 0 Å². The third-order valence-electron chi connectivity index (χ3n) is 2.96. The Balaban J connectivity index is 2.71. The highest BCUT2D eigenvalue weighted by Gasteiger charge is 2.07. The molecule has 18 heavy (non-hydrogen) atoms. The molecule has 100 valence electrons. The van der Waals surface area contributed by atoms with Gasteiger partial charge in [-0.15, -0.1) is 0 Å². The van der Waals surface area contributed by atoms with Crippen molar-refractivity contribution in [2.45, 2.75) is 27.2 Å². The van der Waals surface area contributed by atoms with Gasteiger partial charge in [-0.25, -0.2) is 0 Å². The Kier molecular flexibility index (Phi) is 6.22. The second-order valence-electron chi connectivity index (χ2n) is 4.03. The van der Waals surface area contributed by atoms with Gasteiger partial charge in [-0.3, -0.25) is 0 Å². The fourth-order valence-electron chi connectivity index (χ4n) is 1.77. The van der Waals surface area contributed by atoms with Crippen LogP contribution in [0.2, 0.25) is 0 Å². The van der Waals surface area contributed by atoms with Crippen molar-refractivity contribution in [1.29, 1.82) is 0 Å². The van der Waals surface area contributed by atoms with Crippen LogP contribution in [0.1, 0.15) is 23.6 Å². The van der Waals surface area contributed by atoms with Gasteiger partial charge in [-0.05, 0) is 49.9 Å². The van der Waals surface area contributed by atoms with E-state index in [2.05, 4.69) is 18.1 Å². The molecule has 0 aliphatic carbocycles. The summed E-state index contributed by atoms with van der Waals surface area (Å²) in [5, 5.41) is 11.2. The Morgan fingerprint density at radius 1 is 1.28 bits per heavy atom. The highest BCUT2D eigenvalue weighted by molar-refractivity contribution is 5.58. The van der Waals surface area contributed by atoms with Crippen LogP contribution in [-0.4, -0.2) is 31.2 Å². The first kappa shape index (κ1) is 14.5. The zero-order valence-corrected chi connectivity index (χ0v) is 11.3. The summed E-state index contributed by atoms with van der Waals surface area (Å²) in [6.07, 6.45) is 2.23. The number of oxime groups is 1. The minimum Gasteiger partial charge on any atom is -0.488 e. The molecule has 0 heterocycles. The van der Waals surface area contributed by atoms with E-state index in [0.29, 0.717) is 0 Å². The lowest BCUT2D eigenvalue weighted by Gasteiger charge is -2.13. The average molecular weight is 251 g/mol. The summed E-state index contributed by atoms with van der Waals surface area (Å²) in [6, 6.07) is 4.02. The highest BCUT2D eigenvalue weighted by Crippen LogP contribution is 2.24. The number of hydrogen-bond donors (Lipinski definition) is 1. The van der Waals surface area contributed by atoms with Crippen molar-refractivity contribution in [3.05, 3.63) is 28.8 Å². The van der Waals surface area contributed by atoms with Crippen LogP contribution in [0.25, 0.3) is 0 Å². The molecular formula is C14H21NO3. The van der Waals surface area contributed by atoms with Crippen LogP contribution in [-0.2, 0) is 11.2 Å². The van der Waals surface area contributed by atoms with E-state index < -0.39 is 0 Å². The van der Waals surface area contributed by atoms with E-state index in [1.54, 1.807) is 0 Å². The van der Waals surface area contributed by atoms with Crippen LogP contribution in [0.5, 0.6) is 5.75 Å². The van der Waals surface area contributed by atoms with Crippen LogP contribution in [0.3, 0.4) is 0 Å². The Labute approximate surface area is 108 Å². The molecule has 1 aromatic rings. The third-order valence-corrected chi connectivity index (χ3v) is 2.96. The Hall–Kier alpha value is -1.55. The standard InChI is InChI=1S/C14H21NO3/c1-4-17-9-7-13-5-6-14(12(3)11(13)2)18-10-8-15-16/h5-6,8,16H,4,7,9-10H2,1-3H3/b15-8-. The highest BCUT2D eigenvalue weighted by atomic mass is 16.5. The van der Waals surface area contributed by atoms with Crippen LogP contribution in [0.4, 0.5) is 0 Å². The van der Waals surface area contributed by atoms with Gasteiger partial charge in [0, 0.05) is 6.61 Å². The molecule has 0 unspecified atom stereocenters. The molecule has 1 aromatic carbocycles. The van der Waals surface area contributed by atoms with Gasteiger partial charge in [0.1, 0.15) is 12.4 Å². The van der Waals surface area contributed by atoms with Gasteiger partial charge < -0.3 is 14.7 Å².